The predicted molar refractivity (Wildman–Crippen MR) is 69.0 cm³/mol. The summed E-state index contributed by atoms with van der Waals surface area (Å²) in [5, 5.41) is 0. The van der Waals surface area contributed by atoms with E-state index in [0.29, 0.717) is 31.8 Å². The van der Waals surface area contributed by atoms with E-state index in [9.17, 15) is 4.39 Å². The van der Waals surface area contributed by atoms with E-state index in [2.05, 4.69) is 0 Å². The van der Waals surface area contributed by atoms with Crippen LogP contribution in [0.25, 0.3) is 0 Å². The maximum absolute atomic E-state index is 14.0. The van der Waals surface area contributed by atoms with E-state index in [0.717, 1.165) is 0 Å². The van der Waals surface area contributed by atoms with Crippen LogP contribution in [0.1, 0.15) is 12.0 Å². The number of nitrogens with two attached hydrogens (primary N) is 1. The Morgan fingerprint density at radius 2 is 2.26 bits per heavy atom. The Balaban J connectivity index is 2.19. The lowest BCUT2D eigenvalue weighted by atomic mass is 9.75. The average Bonchev–Trinajstić information content (AvgIpc) is 2.42. The molecular weight excluding hydrogens is 249 g/mol. The number of hydrogen-bond acceptors (Lipinski definition) is 4. The lowest BCUT2D eigenvalue weighted by Gasteiger charge is -2.41. The fourth-order valence-corrected chi connectivity index (χ4v) is 2.48. The highest BCUT2D eigenvalue weighted by Gasteiger charge is 2.41. The van der Waals surface area contributed by atoms with Crippen molar-refractivity contribution in [2.45, 2.75) is 12.0 Å². The Morgan fingerprint density at radius 3 is 3.00 bits per heavy atom. The molecule has 1 fully saturated rings. The van der Waals surface area contributed by atoms with E-state index in [1.165, 1.54) is 6.07 Å². The minimum atomic E-state index is -0.753. The van der Waals surface area contributed by atoms with Crippen molar-refractivity contribution in [3.8, 4) is 0 Å². The van der Waals surface area contributed by atoms with Gasteiger partial charge in [-0.3, -0.25) is 0 Å². The predicted octanol–water partition coefficient (Wildman–Crippen LogP) is 1.64. The molecule has 2 unspecified atom stereocenters. The summed E-state index contributed by atoms with van der Waals surface area (Å²) in [4.78, 5) is 0. The Labute approximate surface area is 112 Å². The normalized spacial score (nSPS) is 27.4. The summed E-state index contributed by atoms with van der Waals surface area (Å²) in [5.74, 6) is -0.364. The van der Waals surface area contributed by atoms with Crippen LogP contribution < -0.4 is 5.73 Å². The molecule has 0 aliphatic carbocycles. The minimum absolute atomic E-state index is 0.0895. The van der Waals surface area contributed by atoms with Gasteiger partial charge >= 0.3 is 0 Å². The quantitative estimate of drug-likeness (QED) is 0.652. The van der Waals surface area contributed by atoms with Gasteiger partial charge in [0.1, 0.15) is 12.6 Å². The van der Waals surface area contributed by atoms with Gasteiger partial charge in [-0.1, -0.05) is 18.2 Å². The summed E-state index contributed by atoms with van der Waals surface area (Å²) >= 11 is 0. The van der Waals surface area contributed by atoms with Gasteiger partial charge in [0.25, 0.3) is 0 Å². The highest BCUT2D eigenvalue weighted by atomic mass is 19.1. The third kappa shape index (κ3) is 3.12. The molecule has 1 heterocycles. The zero-order valence-corrected chi connectivity index (χ0v) is 11.1. The standard InChI is InChI=1S/C14H20FNO3/c1-17-10-19-9-11-8-18-7-6-14(11,16)12-4-2-3-5-13(12)15/h2-5,11H,6-10,16H2,1H3. The molecular formula is C14H20FNO3. The smallest absolute Gasteiger partial charge is 0.146 e. The van der Waals surface area contributed by atoms with Gasteiger partial charge in [-0.2, -0.15) is 0 Å². The van der Waals surface area contributed by atoms with Crippen molar-refractivity contribution in [1.82, 2.24) is 0 Å². The van der Waals surface area contributed by atoms with Crippen LogP contribution in [0.15, 0.2) is 24.3 Å². The van der Waals surface area contributed by atoms with Crippen LogP contribution in [0, 0.1) is 11.7 Å². The van der Waals surface area contributed by atoms with E-state index in [1.807, 2.05) is 0 Å². The fourth-order valence-electron chi connectivity index (χ4n) is 2.48. The minimum Gasteiger partial charge on any atom is -0.381 e. The van der Waals surface area contributed by atoms with E-state index in [1.54, 1.807) is 25.3 Å². The summed E-state index contributed by atoms with van der Waals surface area (Å²) in [6, 6.07) is 6.64. The maximum atomic E-state index is 14.0. The van der Waals surface area contributed by atoms with Crippen molar-refractivity contribution in [3.05, 3.63) is 35.6 Å². The van der Waals surface area contributed by atoms with Crippen molar-refractivity contribution in [2.24, 2.45) is 11.7 Å². The lowest BCUT2D eigenvalue weighted by molar-refractivity contribution is -0.0868. The van der Waals surface area contributed by atoms with Crippen LogP contribution in [-0.4, -0.2) is 33.7 Å². The van der Waals surface area contributed by atoms with Gasteiger partial charge in [0.15, 0.2) is 0 Å². The van der Waals surface area contributed by atoms with Gasteiger partial charge in [-0.25, -0.2) is 4.39 Å². The molecule has 0 amide bonds. The molecule has 2 rings (SSSR count). The summed E-state index contributed by atoms with van der Waals surface area (Å²) < 4.78 is 29.7. The third-order valence-electron chi connectivity index (χ3n) is 3.60. The molecule has 0 saturated carbocycles. The number of benzene rings is 1. The first-order valence-corrected chi connectivity index (χ1v) is 6.37. The number of halogens is 1. The van der Waals surface area contributed by atoms with Gasteiger partial charge in [0.2, 0.25) is 0 Å². The Hall–Kier alpha value is -1.01. The van der Waals surface area contributed by atoms with Crippen molar-refractivity contribution >= 4 is 0 Å². The second-order valence-electron chi connectivity index (χ2n) is 4.82. The largest absolute Gasteiger partial charge is 0.381 e. The molecule has 0 radical (unpaired) electrons. The molecule has 0 bridgehead atoms. The molecule has 1 aliphatic rings. The lowest BCUT2D eigenvalue weighted by Crippen LogP contribution is -2.52. The first-order valence-electron chi connectivity index (χ1n) is 6.37. The zero-order chi connectivity index (χ0) is 13.7. The number of hydrogen-bond donors (Lipinski definition) is 1. The SMILES string of the molecule is COCOCC1COCCC1(N)c1ccccc1F. The van der Waals surface area contributed by atoms with Gasteiger partial charge in [0.05, 0.1) is 18.8 Å². The van der Waals surface area contributed by atoms with E-state index >= 15 is 0 Å². The topological polar surface area (TPSA) is 53.7 Å². The van der Waals surface area contributed by atoms with Crippen LogP contribution in [0.2, 0.25) is 0 Å². The van der Waals surface area contributed by atoms with E-state index < -0.39 is 5.54 Å². The van der Waals surface area contributed by atoms with E-state index in [-0.39, 0.29) is 18.5 Å². The van der Waals surface area contributed by atoms with Crippen molar-refractivity contribution < 1.29 is 18.6 Å². The highest BCUT2D eigenvalue weighted by molar-refractivity contribution is 5.27. The van der Waals surface area contributed by atoms with Crippen LogP contribution in [0.3, 0.4) is 0 Å². The molecule has 1 aromatic rings. The van der Waals surface area contributed by atoms with Gasteiger partial charge < -0.3 is 19.9 Å². The molecule has 2 atom stereocenters. The van der Waals surface area contributed by atoms with Crippen LogP contribution >= 0.6 is 0 Å². The summed E-state index contributed by atoms with van der Waals surface area (Å²) in [7, 11) is 1.56. The summed E-state index contributed by atoms with van der Waals surface area (Å²) in [6.07, 6.45) is 0.578. The Bertz CT molecular complexity index is 415. The van der Waals surface area contributed by atoms with Crippen LogP contribution in [0.5, 0.6) is 0 Å². The molecule has 0 aromatic heterocycles. The zero-order valence-electron chi connectivity index (χ0n) is 11.1. The van der Waals surface area contributed by atoms with Gasteiger partial charge in [-0.15, -0.1) is 0 Å². The number of rotatable bonds is 5. The number of methoxy groups -OCH3 is 1. The van der Waals surface area contributed by atoms with Crippen LogP contribution in [0.4, 0.5) is 4.39 Å². The molecule has 106 valence electrons. The molecule has 1 aromatic carbocycles. The van der Waals surface area contributed by atoms with E-state index in [4.69, 9.17) is 19.9 Å². The molecule has 5 heteroatoms. The first kappa shape index (κ1) is 14.4. The molecule has 0 spiro atoms. The Morgan fingerprint density at radius 1 is 1.47 bits per heavy atom. The molecule has 1 saturated heterocycles. The van der Waals surface area contributed by atoms with Crippen molar-refractivity contribution in [3.63, 3.8) is 0 Å². The third-order valence-corrected chi connectivity index (χ3v) is 3.60. The second-order valence-corrected chi connectivity index (χ2v) is 4.82. The van der Waals surface area contributed by atoms with Crippen LogP contribution in [-0.2, 0) is 19.7 Å². The van der Waals surface area contributed by atoms with Gasteiger partial charge in [0, 0.05) is 25.2 Å². The summed E-state index contributed by atoms with van der Waals surface area (Å²) in [6.45, 7) is 1.59. The highest BCUT2D eigenvalue weighted by Crippen LogP contribution is 2.35. The maximum Gasteiger partial charge on any atom is 0.146 e. The summed E-state index contributed by atoms with van der Waals surface area (Å²) in [5.41, 5.74) is 6.25. The van der Waals surface area contributed by atoms with Gasteiger partial charge in [-0.05, 0) is 12.5 Å². The molecule has 19 heavy (non-hydrogen) atoms. The average molecular weight is 269 g/mol. The monoisotopic (exact) mass is 269 g/mol. The molecule has 1 aliphatic heterocycles. The van der Waals surface area contributed by atoms with Crippen molar-refractivity contribution in [1.29, 1.82) is 0 Å². The Kier molecular flexibility index (Phi) is 4.87. The fraction of sp³-hybridized carbons (Fsp3) is 0.571. The van der Waals surface area contributed by atoms with Crippen molar-refractivity contribution in [2.75, 3.05) is 33.7 Å². The molecule has 4 nitrogen and oxygen atoms in total. The number of ether oxygens (including phenoxy) is 3. The second kappa shape index (κ2) is 6.43. The molecule has 2 N–H and O–H groups in total. The first-order chi connectivity index (χ1) is 9.18.